The molecule has 0 bridgehead atoms. The van der Waals surface area contributed by atoms with Crippen molar-refractivity contribution < 1.29 is 8.42 Å². The van der Waals surface area contributed by atoms with Crippen molar-refractivity contribution >= 4 is 15.8 Å². The third-order valence-corrected chi connectivity index (χ3v) is 7.24. The lowest BCUT2D eigenvalue weighted by molar-refractivity contribution is 0.352. The summed E-state index contributed by atoms with van der Waals surface area (Å²) in [5.41, 5.74) is 0. The second-order valence-corrected chi connectivity index (χ2v) is 9.89. The minimum Gasteiger partial charge on any atom is -0.356 e. The van der Waals surface area contributed by atoms with E-state index in [0.717, 1.165) is 37.0 Å². The van der Waals surface area contributed by atoms with E-state index in [1.165, 1.54) is 0 Å². The molecule has 1 saturated heterocycles. The minimum absolute atomic E-state index is 0.150. The summed E-state index contributed by atoms with van der Waals surface area (Å²) in [4.78, 5) is 6.73. The first kappa shape index (κ1) is 19.7. The molecule has 142 valence electrons. The fraction of sp³-hybridized carbons (Fsp3) is 0.812. The molecule has 0 saturated carbocycles. The summed E-state index contributed by atoms with van der Waals surface area (Å²) in [7, 11) is -1.16. The maximum absolute atomic E-state index is 12.3. The van der Waals surface area contributed by atoms with Gasteiger partial charge in [0.05, 0.1) is 10.5 Å². The fourth-order valence-corrected chi connectivity index (χ4v) is 4.07. The predicted octanol–water partition coefficient (Wildman–Crippen LogP) is 0.878. The molecule has 8 nitrogen and oxygen atoms in total. The first-order valence-corrected chi connectivity index (χ1v) is 10.4. The molecule has 0 aromatic carbocycles. The van der Waals surface area contributed by atoms with Gasteiger partial charge >= 0.3 is 0 Å². The zero-order valence-electron chi connectivity index (χ0n) is 15.9. The van der Waals surface area contributed by atoms with Crippen LogP contribution in [0.5, 0.6) is 0 Å². The van der Waals surface area contributed by atoms with Gasteiger partial charge < -0.3 is 14.8 Å². The van der Waals surface area contributed by atoms with E-state index in [0.29, 0.717) is 19.6 Å². The Bertz CT molecular complexity index is 723. The van der Waals surface area contributed by atoms with Crippen molar-refractivity contribution in [1.82, 2.24) is 25.0 Å². The number of sulfone groups is 1. The lowest BCUT2D eigenvalue weighted by Crippen LogP contribution is -2.57. The number of aromatic nitrogens is 3. The van der Waals surface area contributed by atoms with Crippen molar-refractivity contribution in [1.29, 1.82) is 0 Å². The summed E-state index contributed by atoms with van der Waals surface area (Å²) < 4.78 is 25.6. The number of aryl methyl sites for hydroxylation is 1. The van der Waals surface area contributed by atoms with Crippen LogP contribution in [0.2, 0.25) is 0 Å². The molecule has 2 rings (SSSR count). The van der Waals surface area contributed by atoms with E-state index in [1.807, 2.05) is 23.4 Å². The van der Waals surface area contributed by atoms with E-state index in [2.05, 4.69) is 22.4 Å². The van der Waals surface area contributed by atoms with E-state index in [1.54, 1.807) is 13.8 Å². The highest BCUT2D eigenvalue weighted by molar-refractivity contribution is 7.92. The van der Waals surface area contributed by atoms with E-state index in [-0.39, 0.29) is 5.75 Å². The smallest absolute Gasteiger partial charge is 0.194 e. The van der Waals surface area contributed by atoms with Gasteiger partial charge in [0.1, 0.15) is 12.4 Å². The number of guanidine groups is 1. The standard InChI is InChI=1S/C16H30N6O2S/c1-6-7-8-17-15(18-11-14-20-19-13(2)21(14)5)22-9-10-25(23,24)16(3,4)12-22/h6-12H2,1-5H3,(H,17,18). The van der Waals surface area contributed by atoms with Crippen molar-refractivity contribution in [3.8, 4) is 0 Å². The molecule has 9 heteroatoms. The van der Waals surface area contributed by atoms with Gasteiger partial charge in [0.2, 0.25) is 0 Å². The largest absolute Gasteiger partial charge is 0.356 e. The molecule has 1 aliphatic rings. The van der Waals surface area contributed by atoms with Crippen LogP contribution in [0, 0.1) is 6.92 Å². The second-order valence-electron chi connectivity index (χ2n) is 7.14. The van der Waals surface area contributed by atoms with Gasteiger partial charge in [-0.15, -0.1) is 10.2 Å². The third-order valence-electron chi connectivity index (χ3n) is 4.71. The summed E-state index contributed by atoms with van der Waals surface area (Å²) in [6.45, 7) is 9.73. The average molecular weight is 371 g/mol. The van der Waals surface area contributed by atoms with Gasteiger partial charge in [-0.05, 0) is 27.2 Å². The third kappa shape index (κ3) is 4.50. The van der Waals surface area contributed by atoms with Crippen LogP contribution in [0.25, 0.3) is 0 Å². The van der Waals surface area contributed by atoms with Crippen LogP contribution in [0.3, 0.4) is 0 Å². The number of nitrogens with zero attached hydrogens (tertiary/aromatic N) is 5. The van der Waals surface area contributed by atoms with Gasteiger partial charge in [-0.25, -0.2) is 13.4 Å². The Hall–Kier alpha value is -1.64. The van der Waals surface area contributed by atoms with E-state index in [9.17, 15) is 8.42 Å². The Balaban J connectivity index is 2.17. The summed E-state index contributed by atoms with van der Waals surface area (Å²) in [6, 6.07) is 0. The number of rotatable bonds is 5. The van der Waals surface area contributed by atoms with Crippen LogP contribution < -0.4 is 5.32 Å². The molecule has 0 aliphatic carbocycles. The molecule has 1 fully saturated rings. The molecular weight excluding hydrogens is 340 g/mol. The lowest BCUT2D eigenvalue weighted by atomic mass is 10.2. The molecule has 0 amide bonds. The monoisotopic (exact) mass is 370 g/mol. The van der Waals surface area contributed by atoms with Crippen molar-refractivity contribution in [3.63, 3.8) is 0 Å². The fourth-order valence-electron chi connectivity index (χ4n) is 2.70. The second kappa shape index (κ2) is 7.72. The van der Waals surface area contributed by atoms with Gasteiger partial charge in [0.25, 0.3) is 0 Å². The maximum atomic E-state index is 12.3. The SMILES string of the molecule is CCCCNC(=NCc1nnc(C)n1C)N1CCS(=O)(=O)C(C)(C)C1. The van der Waals surface area contributed by atoms with Crippen LogP contribution >= 0.6 is 0 Å². The molecule has 0 unspecified atom stereocenters. The summed E-state index contributed by atoms with van der Waals surface area (Å²) in [5.74, 6) is 2.53. The predicted molar refractivity (Wildman–Crippen MR) is 99.2 cm³/mol. The molecule has 25 heavy (non-hydrogen) atoms. The molecule has 1 aromatic heterocycles. The number of unbranched alkanes of at least 4 members (excludes halogenated alkanes) is 1. The maximum Gasteiger partial charge on any atom is 0.194 e. The van der Waals surface area contributed by atoms with Gasteiger partial charge in [-0.3, -0.25) is 0 Å². The van der Waals surface area contributed by atoms with Gasteiger partial charge in [0, 0.05) is 26.7 Å². The van der Waals surface area contributed by atoms with Crippen molar-refractivity contribution in [2.24, 2.45) is 12.0 Å². The van der Waals surface area contributed by atoms with Crippen LogP contribution in [-0.4, -0.2) is 64.2 Å². The normalized spacial score (nSPS) is 19.9. The molecule has 1 aromatic rings. The van der Waals surface area contributed by atoms with Gasteiger partial charge in [-0.2, -0.15) is 0 Å². The first-order chi connectivity index (χ1) is 11.7. The summed E-state index contributed by atoms with van der Waals surface area (Å²) in [5, 5.41) is 11.6. The Labute approximate surface area is 150 Å². The molecule has 1 aliphatic heterocycles. The Morgan fingerprint density at radius 2 is 2.08 bits per heavy atom. The van der Waals surface area contributed by atoms with E-state index in [4.69, 9.17) is 4.99 Å². The lowest BCUT2D eigenvalue weighted by Gasteiger charge is -2.39. The summed E-state index contributed by atoms with van der Waals surface area (Å²) >= 11 is 0. The molecule has 0 atom stereocenters. The van der Waals surface area contributed by atoms with Gasteiger partial charge in [0.15, 0.2) is 21.6 Å². The van der Waals surface area contributed by atoms with E-state index >= 15 is 0 Å². The van der Waals surface area contributed by atoms with Crippen molar-refractivity contribution in [2.75, 3.05) is 25.4 Å². The van der Waals surface area contributed by atoms with Crippen LogP contribution in [0.15, 0.2) is 4.99 Å². The molecular formula is C16H30N6O2S. The Kier molecular flexibility index (Phi) is 6.08. The average Bonchev–Trinajstić information content (AvgIpc) is 2.85. The van der Waals surface area contributed by atoms with E-state index < -0.39 is 14.6 Å². The van der Waals surface area contributed by atoms with Crippen molar-refractivity contribution in [3.05, 3.63) is 11.6 Å². The van der Waals surface area contributed by atoms with Gasteiger partial charge in [-0.1, -0.05) is 13.3 Å². The molecule has 0 spiro atoms. The highest BCUT2D eigenvalue weighted by Gasteiger charge is 2.41. The number of hydrogen-bond acceptors (Lipinski definition) is 5. The molecule has 1 N–H and O–H groups in total. The zero-order valence-corrected chi connectivity index (χ0v) is 16.7. The quantitative estimate of drug-likeness (QED) is 0.470. The number of hydrogen-bond donors (Lipinski definition) is 1. The Morgan fingerprint density at radius 1 is 1.36 bits per heavy atom. The van der Waals surface area contributed by atoms with Crippen LogP contribution in [-0.2, 0) is 23.4 Å². The zero-order chi connectivity index (χ0) is 18.7. The van der Waals surface area contributed by atoms with Crippen LogP contribution in [0.4, 0.5) is 0 Å². The van der Waals surface area contributed by atoms with Crippen molar-refractivity contribution in [2.45, 2.75) is 51.8 Å². The molecule has 0 radical (unpaired) electrons. The highest BCUT2D eigenvalue weighted by Crippen LogP contribution is 2.23. The van der Waals surface area contributed by atoms with Crippen LogP contribution in [0.1, 0.15) is 45.3 Å². The first-order valence-electron chi connectivity index (χ1n) is 8.78. The Morgan fingerprint density at radius 3 is 2.64 bits per heavy atom. The summed E-state index contributed by atoms with van der Waals surface area (Å²) in [6.07, 6.45) is 2.13. The number of nitrogens with one attached hydrogen (secondary N) is 1. The highest BCUT2D eigenvalue weighted by atomic mass is 32.2. The number of aliphatic imine (C=N–C) groups is 1. The topological polar surface area (TPSA) is 92.5 Å². The molecule has 2 heterocycles. The minimum atomic E-state index is -3.07.